The number of rotatable bonds is 30. The molecule has 494 valence electrons. The summed E-state index contributed by atoms with van der Waals surface area (Å²) in [6.07, 6.45) is 4.54. The Morgan fingerprint density at radius 3 is 2.01 bits per heavy atom. The number of aliphatic carboxylic acids is 1. The van der Waals surface area contributed by atoms with E-state index in [9.17, 15) is 58.5 Å². The van der Waals surface area contributed by atoms with Gasteiger partial charge in [-0.3, -0.25) is 53.1 Å². The molecule has 0 radical (unpaired) electrons. The molecule has 0 spiro atoms. The normalized spacial score (nSPS) is 22.7. The molecule has 5 heterocycles. The molecule has 0 bridgehead atoms. The van der Waals surface area contributed by atoms with E-state index in [0.29, 0.717) is 55.5 Å². The minimum atomic E-state index is -1.65. The number of carbonyl (C=O) groups excluding carboxylic acids is 9. The Morgan fingerprint density at radius 1 is 0.656 bits per heavy atom. The second-order valence-corrected chi connectivity index (χ2v) is 24.8. The first-order valence-corrected chi connectivity index (χ1v) is 31.9. The maximum atomic E-state index is 15.3. The molecule has 2 aromatic rings. The first-order valence-electron chi connectivity index (χ1n) is 31.0. The third kappa shape index (κ3) is 18.3. The number of aliphatic hydroxyl groups is 2. The molecule has 7 rings (SSSR count). The summed E-state index contributed by atoms with van der Waals surface area (Å²) >= 11 is 1.28. The average Bonchev–Trinajstić information content (AvgIpc) is 1.86. The molecule has 1 aromatic heterocycles. The highest BCUT2D eigenvalue weighted by molar-refractivity contribution is 7.09. The van der Waals surface area contributed by atoms with Crippen LogP contribution >= 0.6 is 11.3 Å². The van der Waals surface area contributed by atoms with Crippen molar-refractivity contribution in [2.45, 2.75) is 182 Å². The largest absolute Gasteiger partial charge is 0.480 e. The summed E-state index contributed by atoms with van der Waals surface area (Å²) in [5.74, 6) is -7.92. The number of nitrogens with one attached hydrogen (secondary N) is 5. The summed E-state index contributed by atoms with van der Waals surface area (Å²) in [6, 6.07) is -0.746. The van der Waals surface area contributed by atoms with Gasteiger partial charge < -0.3 is 95.9 Å². The highest BCUT2D eigenvalue weighted by Gasteiger charge is 2.52. The van der Waals surface area contributed by atoms with Gasteiger partial charge in [0.05, 0.1) is 25.3 Å². The van der Waals surface area contributed by atoms with Crippen LogP contribution < -0.4 is 61.0 Å². The number of carboxylic acid groups (broad SMARTS) is 1. The van der Waals surface area contributed by atoms with Crippen LogP contribution in [-0.4, -0.2) is 218 Å². The molecular formula is C59H89N17O13S. The number of fused-ring (bicyclic) bond motifs is 2. The number of nitrogens with zero attached hydrogens (tertiary/aromatic N) is 6. The summed E-state index contributed by atoms with van der Waals surface area (Å²) in [5, 5.41) is 46.7. The van der Waals surface area contributed by atoms with Crippen molar-refractivity contribution in [2.24, 2.45) is 50.3 Å². The van der Waals surface area contributed by atoms with Crippen molar-refractivity contribution in [3.05, 3.63) is 57.8 Å². The number of hydrogen-bond acceptors (Lipinski definition) is 17. The molecule has 30 nitrogen and oxygen atoms in total. The molecule has 4 fully saturated rings. The number of unbranched alkanes of at least 4 members (excludes halogenated alkanes) is 1. The maximum Gasteiger partial charge on any atom is 0.326 e. The Labute approximate surface area is 526 Å². The first-order chi connectivity index (χ1) is 43.1. The van der Waals surface area contributed by atoms with Crippen LogP contribution in [0.1, 0.15) is 112 Å². The van der Waals surface area contributed by atoms with Gasteiger partial charge in [-0.1, -0.05) is 43.2 Å². The van der Waals surface area contributed by atoms with Gasteiger partial charge in [0.15, 0.2) is 11.9 Å². The van der Waals surface area contributed by atoms with Gasteiger partial charge in [0.2, 0.25) is 53.2 Å². The number of aliphatic imine (C=N–C) groups is 2. The molecule has 12 atom stereocenters. The van der Waals surface area contributed by atoms with Gasteiger partial charge in [0.1, 0.15) is 48.3 Å². The second kappa shape index (κ2) is 33.2. The summed E-state index contributed by atoms with van der Waals surface area (Å²) in [6.45, 7) is -1.18. The first kappa shape index (κ1) is 69.5. The quantitative estimate of drug-likeness (QED) is 0.0202. The molecule has 1 aromatic carbocycles. The standard InChI is InChI=1S/C59H89N17O13S/c60-20-6-5-16-40(57(88)89)71-52(83)46-26-34-12-3-4-18-43(34)76(46)56(87)47-25-33-11-1-2-13-35(33)30-74(47)54(85)42(32-77)72-50(81)41(28-37-14-10-24-90-37)69-48(79)29-68-51(82)45-27-36(78)31-75(45)55(86)44-19-9-23-73(44)53(84)39(17-8-22-67-59(64)65)70-49(80)38(61)15-7-21-66-58(62)63/h1-2,10-11,13-14,24,34,36,38-47,77-78H,3-9,12,15-23,25-32,60-61H2,(H,68,82)(H,69,79)(H,70,80)(H,71,83)(H,72,81)(H,88,89)(H4,62,63,66)(H4,64,65,67)/t34-,36+,38+,39-,40-,41-,42-,43-,44-,45-,46-,47+/m0/s1. The monoisotopic (exact) mass is 1280 g/mol. The molecule has 90 heavy (non-hydrogen) atoms. The van der Waals surface area contributed by atoms with Crippen molar-refractivity contribution < 1.29 is 63.3 Å². The van der Waals surface area contributed by atoms with Crippen LogP contribution in [0.2, 0.25) is 0 Å². The number of aliphatic hydroxyl groups excluding tert-OH is 2. The van der Waals surface area contributed by atoms with E-state index in [4.69, 9.17) is 34.4 Å². The van der Waals surface area contributed by atoms with Gasteiger partial charge in [-0.15, -0.1) is 11.3 Å². The second-order valence-electron chi connectivity index (χ2n) is 23.8. The lowest BCUT2D eigenvalue weighted by Crippen LogP contribution is -2.63. The van der Waals surface area contributed by atoms with E-state index < -0.39 is 133 Å². The number of β-amino-alcohol motifs (C(OH)–C–C–N with tert-alkyl or cyclic N) is 1. The Balaban J connectivity index is 1.02. The van der Waals surface area contributed by atoms with Gasteiger partial charge >= 0.3 is 5.97 Å². The van der Waals surface area contributed by atoms with Gasteiger partial charge in [-0.05, 0) is 112 Å². The van der Waals surface area contributed by atoms with Crippen LogP contribution in [0.5, 0.6) is 0 Å². The summed E-state index contributed by atoms with van der Waals surface area (Å²) in [5.41, 5.74) is 35.1. The fraction of sp³-hybridized carbons (Fsp3) is 0.627. The van der Waals surface area contributed by atoms with Gasteiger partial charge in [0, 0.05) is 62.9 Å². The molecule has 3 saturated heterocycles. The number of likely N-dealkylation sites (tertiary alicyclic amines) is 3. The average molecular weight is 1280 g/mol. The Bertz CT molecular complexity index is 2930. The number of amides is 9. The Hall–Kier alpha value is -8.00. The number of carbonyl (C=O) groups is 10. The minimum absolute atomic E-state index is 0.0335. The van der Waals surface area contributed by atoms with Crippen LogP contribution in [-0.2, 0) is 67.3 Å². The number of benzene rings is 1. The number of guanidine groups is 2. The van der Waals surface area contributed by atoms with Crippen molar-refractivity contribution in [2.75, 3.05) is 45.9 Å². The Morgan fingerprint density at radius 2 is 1.33 bits per heavy atom. The van der Waals surface area contributed by atoms with E-state index in [-0.39, 0.29) is 108 Å². The lowest BCUT2D eigenvalue weighted by Gasteiger charge is -2.42. The summed E-state index contributed by atoms with van der Waals surface area (Å²) in [4.78, 5) is 155. The lowest BCUT2D eigenvalue weighted by molar-refractivity contribution is -0.153. The van der Waals surface area contributed by atoms with Gasteiger partial charge in [0.25, 0.3) is 0 Å². The third-order valence-electron chi connectivity index (χ3n) is 17.4. The zero-order valence-electron chi connectivity index (χ0n) is 50.6. The molecule has 4 aliphatic heterocycles. The number of carboxylic acids is 1. The maximum absolute atomic E-state index is 15.3. The molecule has 5 aliphatic rings. The van der Waals surface area contributed by atoms with Crippen molar-refractivity contribution in [3.63, 3.8) is 0 Å². The van der Waals surface area contributed by atoms with Gasteiger partial charge in [-0.25, -0.2) is 4.79 Å². The lowest BCUT2D eigenvalue weighted by atomic mass is 9.84. The van der Waals surface area contributed by atoms with E-state index >= 15 is 4.79 Å². The van der Waals surface area contributed by atoms with E-state index in [2.05, 4.69) is 36.6 Å². The molecule has 20 N–H and O–H groups in total. The highest BCUT2D eigenvalue weighted by atomic mass is 32.1. The van der Waals surface area contributed by atoms with Crippen molar-refractivity contribution in [3.8, 4) is 0 Å². The predicted molar refractivity (Wildman–Crippen MR) is 331 cm³/mol. The van der Waals surface area contributed by atoms with Crippen molar-refractivity contribution >= 4 is 82.4 Å². The van der Waals surface area contributed by atoms with Crippen LogP contribution in [0.4, 0.5) is 0 Å². The fourth-order valence-corrected chi connectivity index (χ4v) is 13.6. The van der Waals surface area contributed by atoms with E-state index in [1.54, 1.807) is 35.7 Å². The summed E-state index contributed by atoms with van der Waals surface area (Å²) in [7, 11) is 0. The van der Waals surface area contributed by atoms with Crippen LogP contribution in [0.15, 0.2) is 51.8 Å². The smallest absolute Gasteiger partial charge is 0.326 e. The van der Waals surface area contributed by atoms with E-state index in [0.717, 1.165) is 29.7 Å². The molecular weight excluding hydrogens is 1190 g/mol. The van der Waals surface area contributed by atoms with Crippen molar-refractivity contribution in [1.82, 2.24) is 46.2 Å². The highest BCUT2D eigenvalue weighted by Crippen LogP contribution is 2.41. The predicted octanol–water partition coefficient (Wildman–Crippen LogP) is -3.95. The number of hydrogen-bond donors (Lipinski definition) is 14. The SMILES string of the molecule is NCCCC[C@H](NC(=O)[C@@H]1C[C@@H]2CCCC[C@@H]2N1C(=O)[C@H]1Cc2ccccc2CN1C(=O)[C@H](CO)NC(=O)[C@H](Cc1cccs1)NC(=O)CNC(=O)[C@@H]1C[C@@H](O)CN1C(=O)[C@@H]1CCCN1C(=O)[C@H](CCCN=C(N)N)NC(=O)[C@H](N)CCCN=C(N)N)C(=O)O. The molecule has 9 amide bonds. The number of nitrogens with two attached hydrogens (primary N) is 6. The van der Waals surface area contributed by atoms with E-state index in [1.165, 1.54) is 26.0 Å². The van der Waals surface area contributed by atoms with Crippen LogP contribution in [0, 0.1) is 5.92 Å². The molecule has 1 aliphatic carbocycles. The third-order valence-corrected chi connectivity index (χ3v) is 18.3. The molecule has 31 heteroatoms. The minimum Gasteiger partial charge on any atom is -0.480 e. The Kier molecular flexibility index (Phi) is 25.6. The summed E-state index contributed by atoms with van der Waals surface area (Å²) < 4.78 is 0. The van der Waals surface area contributed by atoms with Crippen molar-refractivity contribution in [1.29, 1.82) is 0 Å². The van der Waals surface area contributed by atoms with Gasteiger partial charge in [-0.2, -0.15) is 0 Å². The zero-order chi connectivity index (χ0) is 65.2. The topological polar surface area (TPSA) is 485 Å². The van der Waals surface area contributed by atoms with E-state index in [1.807, 2.05) is 6.07 Å². The van der Waals surface area contributed by atoms with Crippen LogP contribution in [0.3, 0.4) is 0 Å². The molecule has 0 unspecified atom stereocenters. The number of thiophene rings is 1. The van der Waals surface area contributed by atoms with Crippen LogP contribution in [0.25, 0.3) is 0 Å². The fourth-order valence-electron chi connectivity index (χ4n) is 12.9. The molecule has 1 saturated carbocycles. The zero-order valence-corrected chi connectivity index (χ0v) is 51.4.